The number of halogens is 6. The van der Waals surface area contributed by atoms with Crippen molar-refractivity contribution in [3.05, 3.63) is 46.0 Å². The third-order valence-corrected chi connectivity index (χ3v) is 9.21. The van der Waals surface area contributed by atoms with Crippen LogP contribution < -0.4 is 0 Å². The lowest BCUT2D eigenvalue weighted by Gasteiger charge is -2.34. The molecule has 1 fully saturated rings. The normalized spacial score (nSPS) is 45.1. The number of alkyl halides is 4. The van der Waals surface area contributed by atoms with Crippen molar-refractivity contribution in [2.45, 2.75) is 25.9 Å². The minimum absolute atomic E-state index is 0.0975. The molecule has 0 amide bonds. The Morgan fingerprint density at radius 3 is 2.05 bits per heavy atom. The molecule has 19 heavy (non-hydrogen) atoms. The number of benzene rings is 1. The van der Waals surface area contributed by atoms with Gasteiger partial charge in [-0.3, -0.25) is 0 Å². The number of allylic oxidation sites excluding steroid dienone is 2. The Bertz CT molecular complexity index is 570. The molecule has 0 aliphatic heterocycles. The van der Waals surface area contributed by atoms with Crippen LogP contribution in [0.25, 0.3) is 0 Å². The van der Waals surface area contributed by atoms with Crippen LogP contribution in [-0.2, 0) is 0 Å². The Kier molecular flexibility index (Phi) is 3.46. The van der Waals surface area contributed by atoms with Crippen molar-refractivity contribution < 1.29 is 0 Å². The van der Waals surface area contributed by atoms with E-state index >= 15 is 0 Å². The highest BCUT2D eigenvalue weighted by Gasteiger charge is 2.77. The summed E-state index contributed by atoms with van der Waals surface area (Å²) in [6.45, 7) is 0. The Balaban J connectivity index is 2.20. The first-order valence-electron chi connectivity index (χ1n) is 5.63. The van der Waals surface area contributed by atoms with Gasteiger partial charge < -0.3 is 0 Å². The van der Waals surface area contributed by atoms with Gasteiger partial charge >= 0.3 is 0 Å². The third-order valence-electron chi connectivity index (χ3n) is 3.98. The maximum absolute atomic E-state index is 6.79. The quantitative estimate of drug-likeness (QED) is 0.477. The lowest BCUT2D eigenvalue weighted by atomic mass is 9.86. The second-order valence-corrected chi connectivity index (χ2v) is 9.09. The lowest BCUT2D eigenvalue weighted by Crippen LogP contribution is -2.43. The average Bonchev–Trinajstić information content (AvgIpc) is 2.62. The fourth-order valence-corrected chi connectivity index (χ4v) is 6.30. The van der Waals surface area contributed by atoms with Crippen molar-refractivity contribution in [3.8, 4) is 0 Å². The molecule has 0 nitrogen and oxygen atoms in total. The van der Waals surface area contributed by atoms with Gasteiger partial charge in [0.05, 0.1) is 10.1 Å². The second-order valence-electron chi connectivity index (χ2n) is 4.88. The van der Waals surface area contributed by atoms with Crippen LogP contribution in [0.4, 0.5) is 0 Å². The zero-order valence-electron chi connectivity index (χ0n) is 9.44. The largest absolute Gasteiger partial charge is 0.148 e. The van der Waals surface area contributed by atoms with Crippen molar-refractivity contribution in [1.29, 1.82) is 0 Å². The summed E-state index contributed by atoms with van der Waals surface area (Å²) in [4.78, 5) is -2.04. The smallest absolute Gasteiger partial charge is 0.110 e. The fourth-order valence-electron chi connectivity index (χ4n) is 2.94. The van der Waals surface area contributed by atoms with Crippen molar-refractivity contribution in [3.63, 3.8) is 0 Å². The molecule has 6 heteroatoms. The molecule has 102 valence electrons. The topological polar surface area (TPSA) is 0 Å². The summed E-state index contributed by atoms with van der Waals surface area (Å²) in [7, 11) is 0. The van der Waals surface area contributed by atoms with E-state index in [0.717, 1.165) is 5.56 Å². The Morgan fingerprint density at radius 1 is 1.00 bits per heavy atom. The zero-order chi connectivity index (χ0) is 14.1. The molecule has 4 atom stereocenters. The monoisotopic (exact) mass is 418 g/mol. The van der Waals surface area contributed by atoms with Gasteiger partial charge in [0.2, 0.25) is 0 Å². The lowest BCUT2D eigenvalue weighted by molar-refractivity contribution is 0.604. The van der Waals surface area contributed by atoms with Crippen LogP contribution in [0.3, 0.4) is 0 Å². The molecule has 0 radical (unpaired) electrons. The summed E-state index contributed by atoms with van der Waals surface area (Å²) in [6, 6.07) is 9.83. The van der Waals surface area contributed by atoms with Crippen molar-refractivity contribution in [2.75, 3.05) is 0 Å². The summed E-state index contributed by atoms with van der Waals surface area (Å²) in [6.07, 6.45) is 0.534. The predicted octanol–water partition coefficient (Wildman–Crippen LogP) is 6.16. The highest BCUT2D eigenvalue weighted by molar-refractivity contribution is 9.10. The van der Waals surface area contributed by atoms with Gasteiger partial charge in [0.15, 0.2) is 0 Å². The van der Waals surface area contributed by atoms with Crippen molar-refractivity contribution in [1.82, 2.24) is 0 Å². The molecule has 1 saturated carbocycles. The van der Waals surface area contributed by atoms with Crippen LogP contribution in [0.1, 0.15) is 17.9 Å². The summed E-state index contributed by atoms with van der Waals surface area (Å²) in [5, 5.41) is 0.669. The van der Waals surface area contributed by atoms with Crippen LogP contribution in [0, 0.1) is 0 Å². The van der Waals surface area contributed by atoms with Crippen LogP contribution in [0.2, 0.25) is 0 Å². The van der Waals surface area contributed by atoms with E-state index in [1.54, 1.807) is 0 Å². The van der Waals surface area contributed by atoms with Crippen molar-refractivity contribution in [2.24, 2.45) is 0 Å². The summed E-state index contributed by atoms with van der Waals surface area (Å²) < 4.78 is -1.11. The maximum atomic E-state index is 6.79. The summed E-state index contributed by atoms with van der Waals surface area (Å²) >= 11 is 36.0. The first-order chi connectivity index (χ1) is 8.77. The molecule has 1 aromatic carbocycles. The highest BCUT2D eigenvalue weighted by Crippen LogP contribution is 2.76. The van der Waals surface area contributed by atoms with E-state index in [0.29, 0.717) is 16.5 Å². The molecule has 1 aromatic rings. The number of fused-ring (bicyclic) bond motifs is 2. The van der Waals surface area contributed by atoms with Gasteiger partial charge in [0.1, 0.15) is 13.5 Å². The minimum atomic E-state index is -1.11. The standard InChI is InChI=1S/C13H8BrCl5/c14-13(19)11(17)6-8(7-4-2-1-3-5-7)12(13,18)10(16)9(11)15/h1-5,8H,6H2. The van der Waals surface area contributed by atoms with E-state index < -0.39 is 13.5 Å². The average molecular weight is 421 g/mol. The number of hydrogen-bond acceptors (Lipinski definition) is 0. The van der Waals surface area contributed by atoms with Gasteiger partial charge in [0, 0.05) is 5.92 Å². The molecule has 2 aliphatic rings. The Labute approximate surface area is 145 Å². The number of hydrogen-bond donors (Lipinski definition) is 0. The van der Waals surface area contributed by atoms with Crippen LogP contribution >= 0.6 is 73.9 Å². The summed E-state index contributed by atoms with van der Waals surface area (Å²) in [5.41, 5.74) is 1.05. The molecule has 0 aromatic heterocycles. The maximum Gasteiger partial charge on any atom is 0.148 e. The predicted molar refractivity (Wildman–Crippen MR) is 87.2 cm³/mol. The Morgan fingerprint density at radius 2 is 1.58 bits per heavy atom. The second kappa shape index (κ2) is 4.44. The molecular formula is C13H8BrCl5. The third kappa shape index (κ3) is 1.61. The summed E-state index contributed by atoms with van der Waals surface area (Å²) in [5.74, 6) is -0.0975. The molecule has 3 rings (SSSR count). The van der Waals surface area contributed by atoms with Gasteiger partial charge in [-0.05, 0) is 12.0 Å². The van der Waals surface area contributed by atoms with Gasteiger partial charge in [-0.15, -0.1) is 34.8 Å². The molecular weight excluding hydrogens is 413 g/mol. The molecule has 0 spiro atoms. The van der Waals surface area contributed by atoms with E-state index in [9.17, 15) is 0 Å². The van der Waals surface area contributed by atoms with E-state index in [1.807, 2.05) is 30.3 Å². The SMILES string of the molecule is ClC1=C(Cl)C2(Cl)C(c3ccccc3)CC1(Cl)C2(Cl)Br. The van der Waals surface area contributed by atoms with E-state index in [-0.39, 0.29) is 5.92 Å². The van der Waals surface area contributed by atoms with Gasteiger partial charge in [-0.25, -0.2) is 0 Å². The molecule has 0 saturated heterocycles. The molecule has 2 bridgehead atoms. The Hall–Kier alpha value is 0.890. The van der Waals surface area contributed by atoms with Gasteiger partial charge in [-0.2, -0.15) is 0 Å². The molecule has 0 heterocycles. The van der Waals surface area contributed by atoms with E-state index in [2.05, 4.69) is 15.9 Å². The van der Waals surface area contributed by atoms with Crippen LogP contribution in [0.15, 0.2) is 40.4 Å². The van der Waals surface area contributed by atoms with Crippen molar-refractivity contribution >= 4 is 73.9 Å². The highest BCUT2D eigenvalue weighted by atomic mass is 79.9. The first kappa shape index (κ1) is 14.8. The van der Waals surface area contributed by atoms with Gasteiger partial charge in [0.25, 0.3) is 0 Å². The molecule has 0 N–H and O–H groups in total. The molecule has 2 aliphatic carbocycles. The number of rotatable bonds is 1. The zero-order valence-corrected chi connectivity index (χ0v) is 14.8. The van der Waals surface area contributed by atoms with E-state index in [1.165, 1.54) is 0 Å². The first-order valence-corrected chi connectivity index (χ1v) is 8.32. The van der Waals surface area contributed by atoms with Crippen LogP contribution in [0.5, 0.6) is 0 Å². The minimum Gasteiger partial charge on any atom is -0.110 e. The fraction of sp³-hybridized carbons (Fsp3) is 0.385. The van der Waals surface area contributed by atoms with Gasteiger partial charge in [-0.1, -0.05) is 69.5 Å². The van der Waals surface area contributed by atoms with E-state index in [4.69, 9.17) is 58.0 Å². The van der Waals surface area contributed by atoms with Crippen LogP contribution in [-0.4, -0.2) is 13.5 Å². The molecule has 4 unspecified atom stereocenters.